The molecule has 1 aromatic carbocycles. The second-order valence-corrected chi connectivity index (χ2v) is 8.57. The summed E-state index contributed by atoms with van der Waals surface area (Å²) in [4.78, 5) is 16.8. The predicted octanol–water partition coefficient (Wildman–Crippen LogP) is 6.01. The highest BCUT2D eigenvalue weighted by Gasteiger charge is 2.19. The molecule has 154 valence electrons. The molecular formula is C24H31N3O2. The standard InChI is InChI=1S/C24H31N3O2/c1-6-7-8-9-21(28)29-19-12-10-18(11-13-19)22-23(26-24(3,4)5)27-15-14-17(2)16-20(27)25-22/h10-16,26H,6-9H2,1-5H3. The maximum absolute atomic E-state index is 12.0. The van der Waals surface area contributed by atoms with E-state index in [0.717, 1.165) is 42.0 Å². The number of hydrogen-bond donors (Lipinski definition) is 1. The molecule has 3 aromatic rings. The fourth-order valence-corrected chi connectivity index (χ4v) is 3.21. The summed E-state index contributed by atoms with van der Waals surface area (Å²) >= 11 is 0. The Morgan fingerprint density at radius 2 is 1.86 bits per heavy atom. The lowest BCUT2D eigenvalue weighted by atomic mass is 10.1. The lowest BCUT2D eigenvalue weighted by Crippen LogP contribution is -2.27. The van der Waals surface area contributed by atoms with Crippen molar-refractivity contribution in [2.24, 2.45) is 0 Å². The Kier molecular flexibility index (Phi) is 6.26. The van der Waals surface area contributed by atoms with E-state index in [-0.39, 0.29) is 11.5 Å². The van der Waals surface area contributed by atoms with Crippen LogP contribution in [-0.2, 0) is 4.79 Å². The van der Waals surface area contributed by atoms with Gasteiger partial charge in [0.1, 0.15) is 22.9 Å². The first-order valence-electron chi connectivity index (χ1n) is 10.3. The monoisotopic (exact) mass is 393 g/mol. The number of rotatable bonds is 7. The summed E-state index contributed by atoms with van der Waals surface area (Å²) in [6, 6.07) is 11.7. The molecule has 0 spiro atoms. The average Bonchev–Trinajstić information content (AvgIpc) is 2.98. The van der Waals surface area contributed by atoms with E-state index in [1.165, 1.54) is 5.56 Å². The van der Waals surface area contributed by atoms with E-state index in [1.807, 2.05) is 30.5 Å². The van der Waals surface area contributed by atoms with Gasteiger partial charge in [-0.1, -0.05) is 19.8 Å². The highest BCUT2D eigenvalue weighted by atomic mass is 16.5. The molecule has 0 saturated carbocycles. The number of nitrogens with zero attached hydrogens (tertiary/aromatic N) is 2. The number of carbonyl (C=O) groups excluding carboxylic acids is 1. The topological polar surface area (TPSA) is 55.6 Å². The molecule has 3 rings (SSSR count). The van der Waals surface area contributed by atoms with Crippen molar-refractivity contribution in [1.29, 1.82) is 0 Å². The molecule has 0 amide bonds. The number of ether oxygens (including phenoxy) is 1. The van der Waals surface area contributed by atoms with Crippen LogP contribution < -0.4 is 10.1 Å². The molecule has 0 bridgehead atoms. The van der Waals surface area contributed by atoms with Gasteiger partial charge in [-0.25, -0.2) is 4.98 Å². The van der Waals surface area contributed by atoms with Gasteiger partial charge in [-0.3, -0.25) is 9.20 Å². The number of aromatic nitrogens is 2. The fourth-order valence-electron chi connectivity index (χ4n) is 3.21. The third kappa shape index (κ3) is 5.37. The first-order chi connectivity index (χ1) is 13.8. The minimum absolute atomic E-state index is 0.108. The van der Waals surface area contributed by atoms with Gasteiger partial charge in [0, 0.05) is 23.7 Å². The number of esters is 1. The lowest BCUT2D eigenvalue weighted by molar-refractivity contribution is -0.134. The first-order valence-corrected chi connectivity index (χ1v) is 10.3. The highest BCUT2D eigenvalue weighted by Crippen LogP contribution is 2.32. The minimum Gasteiger partial charge on any atom is -0.427 e. The Balaban J connectivity index is 1.88. The molecule has 5 heteroatoms. The van der Waals surface area contributed by atoms with Crippen LogP contribution in [0.1, 0.15) is 58.9 Å². The van der Waals surface area contributed by atoms with Crippen molar-refractivity contribution in [3.8, 4) is 17.0 Å². The third-order valence-corrected chi connectivity index (χ3v) is 4.62. The zero-order valence-electron chi connectivity index (χ0n) is 18.1. The Morgan fingerprint density at radius 3 is 2.52 bits per heavy atom. The maximum Gasteiger partial charge on any atom is 0.311 e. The fraction of sp³-hybridized carbons (Fsp3) is 0.417. The number of anilines is 1. The summed E-state index contributed by atoms with van der Waals surface area (Å²) < 4.78 is 7.54. The molecule has 0 fully saturated rings. The van der Waals surface area contributed by atoms with Gasteiger partial charge in [-0.2, -0.15) is 0 Å². The van der Waals surface area contributed by atoms with Crippen molar-refractivity contribution in [2.45, 2.75) is 65.8 Å². The summed E-state index contributed by atoms with van der Waals surface area (Å²) in [6.45, 7) is 10.6. The van der Waals surface area contributed by atoms with E-state index in [4.69, 9.17) is 9.72 Å². The molecule has 5 nitrogen and oxygen atoms in total. The number of hydrogen-bond acceptors (Lipinski definition) is 4. The van der Waals surface area contributed by atoms with Crippen LogP contribution in [0.4, 0.5) is 5.82 Å². The SMILES string of the molecule is CCCCCC(=O)Oc1ccc(-c2nc3cc(C)ccn3c2NC(C)(C)C)cc1. The van der Waals surface area contributed by atoms with Crippen molar-refractivity contribution < 1.29 is 9.53 Å². The summed E-state index contributed by atoms with van der Waals surface area (Å²) in [5.74, 6) is 1.35. The Bertz CT molecular complexity index is 982. The summed E-state index contributed by atoms with van der Waals surface area (Å²) in [7, 11) is 0. The molecule has 0 aliphatic rings. The molecular weight excluding hydrogens is 362 g/mol. The van der Waals surface area contributed by atoms with Crippen LogP contribution in [0, 0.1) is 6.92 Å². The molecule has 2 heterocycles. The number of fused-ring (bicyclic) bond motifs is 1. The van der Waals surface area contributed by atoms with Crippen LogP contribution in [0.15, 0.2) is 42.6 Å². The van der Waals surface area contributed by atoms with Crippen LogP contribution in [-0.4, -0.2) is 20.9 Å². The number of nitrogens with one attached hydrogen (secondary N) is 1. The smallest absolute Gasteiger partial charge is 0.311 e. The van der Waals surface area contributed by atoms with Crippen molar-refractivity contribution in [3.63, 3.8) is 0 Å². The Labute approximate surface area is 173 Å². The van der Waals surface area contributed by atoms with E-state index < -0.39 is 0 Å². The second kappa shape index (κ2) is 8.68. The molecule has 2 aromatic heterocycles. The summed E-state index contributed by atoms with van der Waals surface area (Å²) in [5, 5.41) is 3.58. The number of benzene rings is 1. The number of aryl methyl sites for hydroxylation is 1. The normalized spacial score (nSPS) is 11.6. The molecule has 0 unspecified atom stereocenters. The van der Waals surface area contributed by atoms with E-state index in [2.05, 4.69) is 56.5 Å². The predicted molar refractivity (Wildman–Crippen MR) is 119 cm³/mol. The van der Waals surface area contributed by atoms with Gasteiger partial charge in [0.2, 0.25) is 0 Å². The van der Waals surface area contributed by atoms with E-state index >= 15 is 0 Å². The maximum atomic E-state index is 12.0. The Morgan fingerprint density at radius 1 is 1.14 bits per heavy atom. The molecule has 0 atom stereocenters. The van der Waals surface area contributed by atoms with Crippen molar-refractivity contribution in [3.05, 3.63) is 48.2 Å². The van der Waals surface area contributed by atoms with Gasteiger partial charge in [0.05, 0.1) is 0 Å². The molecule has 0 aliphatic heterocycles. The zero-order valence-corrected chi connectivity index (χ0v) is 18.1. The third-order valence-electron chi connectivity index (χ3n) is 4.62. The van der Waals surface area contributed by atoms with Crippen LogP contribution >= 0.6 is 0 Å². The highest BCUT2D eigenvalue weighted by molar-refractivity contribution is 5.78. The summed E-state index contributed by atoms with van der Waals surface area (Å²) in [6.07, 6.45) is 5.51. The molecule has 0 radical (unpaired) electrons. The van der Waals surface area contributed by atoms with Crippen LogP contribution in [0.3, 0.4) is 0 Å². The van der Waals surface area contributed by atoms with Crippen LogP contribution in [0.5, 0.6) is 5.75 Å². The van der Waals surface area contributed by atoms with Crippen molar-refractivity contribution >= 4 is 17.4 Å². The van der Waals surface area contributed by atoms with Gasteiger partial charge < -0.3 is 10.1 Å². The van der Waals surface area contributed by atoms with Gasteiger partial charge in [-0.15, -0.1) is 0 Å². The lowest BCUT2D eigenvalue weighted by Gasteiger charge is -2.22. The zero-order chi connectivity index (χ0) is 21.0. The van der Waals surface area contributed by atoms with Gasteiger partial charge in [0.15, 0.2) is 0 Å². The molecule has 0 saturated heterocycles. The van der Waals surface area contributed by atoms with Crippen LogP contribution in [0.2, 0.25) is 0 Å². The van der Waals surface area contributed by atoms with E-state index in [9.17, 15) is 4.79 Å². The van der Waals surface area contributed by atoms with E-state index in [0.29, 0.717) is 12.2 Å². The molecule has 0 aliphatic carbocycles. The average molecular weight is 394 g/mol. The van der Waals surface area contributed by atoms with E-state index in [1.54, 1.807) is 0 Å². The first kappa shape index (κ1) is 20.9. The van der Waals surface area contributed by atoms with Gasteiger partial charge >= 0.3 is 5.97 Å². The largest absolute Gasteiger partial charge is 0.427 e. The molecule has 29 heavy (non-hydrogen) atoms. The van der Waals surface area contributed by atoms with Crippen molar-refractivity contribution in [2.75, 3.05) is 5.32 Å². The molecule has 1 N–H and O–H groups in total. The van der Waals surface area contributed by atoms with Gasteiger partial charge in [0.25, 0.3) is 0 Å². The number of unbranched alkanes of at least 4 members (excludes halogenated alkanes) is 2. The number of carbonyl (C=O) groups is 1. The van der Waals surface area contributed by atoms with Gasteiger partial charge in [-0.05, 0) is 76.1 Å². The second-order valence-electron chi connectivity index (χ2n) is 8.57. The minimum atomic E-state index is -0.176. The number of pyridine rings is 1. The van der Waals surface area contributed by atoms with Crippen molar-refractivity contribution in [1.82, 2.24) is 9.38 Å². The quantitative estimate of drug-likeness (QED) is 0.304. The Hall–Kier alpha value is -2.82. The summed E-state index contributed by atoms with van der Waals surface area (Å²) in [5.41, 5.74) is 3.82. The number of imidazole rings is 1. The van der Waals surface area contributed by atoms with Crippen LogP contribution in [0.25, 0.3) is 16.9 Å².